The number of hydrogen-bond donors (Lipinski definition) is 2. The number of benzene rings is 3. The maximum absolute atomic E-state index is 16.6. The van der Waals surface area contributed by atoms with Crippen molar-refractivity contribution >= 4 is 45.8 Å². The van der Waals surface area contributed by atoms with Crippen LogP contribution in [0, 0.1) is 29.2 Å². The van der Waals surface area contributed by atoms with Crippen molar-refractivity contribution in [3.63, 3.8) is 0 Å². The van der Waals surface area contributed by atoms with E-state index in [1.807, 2.05) is 6.08 Å². The van der Waals surface area contributed by atoms with Gasteiger partial charge in [0.05, 0.1) is 29.9 Å². The van der Waals surface area contributed by atoms with Gasteiger partial charge in [-0.3, -0.25) is 29.2 Å². The lowest BCUT2D eigenvalue weighted by Gasteiger charge is -2.34. The molecule has 2 fully saturated rings. The van der Waals surface area contributed by atoms with Crippen LogP contribution in [-0.2, 0) is 27.3 Å². The maximum atomic E-state index is 16.6. The summed E-state index contributed by atoms with van der Waals surface area (Å²) in [5, 5.41) is 10.2. The summed E-state index contributed by atoms with van der Waals surface area (Å²) in [5.41, 5.74) is 1.91. The van der Waals surface area contributed by atoms with Gasteiger partial charge in [0.15, 0.2) is 5.82 Å². The molecule has 16 heteroatoms. The minimum absolute atomic E-state index is 0.0377. The number of carbonyl (C=O) groups excluding carboxylic acids is 4. The summed E-state index contributed by atoms with van der Waals surface area (Å²) in [7, 11) is 3.11. The van der Waals surface area contributed by atoms with E-state index in [9.17, 15) is 19.2 Å². The Balaban J connectivity index is 0.991. The van der Waals surface area contributed by atoms with Crippen LogP contribution in [0.15, 0.2) is 60.9 Å². The first-order chi connectivity index (χ1) is 29.3. The van der Waals surface area contributed by atoms with Gasteiger partial charge in [-0.15, -0.1) is 5.10 Å². The zero-order chi connectivity index (χ0) is 42.9. The largest absolute Gasteiger partial charge is 0.369 e. The number of aryl methyl sites for hydroxylation is 2. The minimum Gasteiger partial charge on any atom is -0.369 e. The van der Waals surface area contributed by atoms with Crippen LogP contribution in [0.3, 0.4) is 0 Å². The van der Waals surface area contributed by atoms with Gasteiger partial charge >= 0.3 is 0 Å². The topological polar surface area (TPSA) is 137 Å². The van der Waals surface area contributed by atoms with Crippen molar-refractivity contribution in [2.45, 2.75) is 63.8 Å². The summed E-state index contributed by atoms with van der Waals surface area (Å²) >= 11 is 0. The maximum Gasteiger partial charge on any atom is 0.269 e. The summed E-state index contributed by atoms with van der Waals surface area (Å²) < 4.78 is 65.9. The molecule has 4 amide bonds. The molecule has 2 aromatic heterocycles. The fourth-order valence-corrected chi connectivity index (χ4v) is 8.75. The summed E-state index contributed by atoms with van der Waals surface area (Å²) in [6.07, 6.45) is 8.73. The molecule has 2 saturated heterocycles. The highest BCUT2D eigenvalue weighted by Gasteiger charge is 2.30. The molecule has 3 aromatic carbocycles. The van der Waals surface area contributed by atoms with Crippen LogP contribution in [0.1, 0.15) is 78.0 Å². The zero-order valence-electron chi connectivity index (χ0n) is 33.9. The second kappa shape index (κ2) is 17.3. The highest BCUT2D eigenvalue weighted by atomic mass is 19.1. The molecule has 5 aromatic rings. The third kappa shape index (κ3) is 8.66. The molecular formula is C45H46F4N8O4. The second-order valence-corrected chi connectivity index (χ2v) is 16.3. The highest BCUT2D eigenvalue weighted by Crippen LogP contribution is 2.40. The van der Waals surface area contributed by atoms with Crippen molar-refractivity contribution in [3.8, 4) is 11.1 Å². The molecule has 3 aliphatic rings. The number of halogens is 4. The van der Waals surface area contributed by atoms with Crippen molar-refractivity contribution in [3.05, 3.63) is 107 Å². The van der Waals surface area contributed by atoms with Crippen LogP contribution in [0.5, 0.6) is 0 Å². The Bertz CT molecular complexity index is 2540. The van der Waals surface area contributed by atoms with Crippen LogP contribution >= 0.6 is 0 Å². The van der Waals surface area contributed by atoms with Crippen molar-refractivity contribution in [2.24, 2.45) is 5.92 Å². The predicted molar refractivity (Wildman–Crippen MR) is 220 cm³/mol. The number of carbonyl (C=O) groups is 4. The standard InChI is InChI=1S/C45H46F4N8O4/c1-54(2)45(61)38-23-34-32(21-31(42(49)43(34)51-38)29-4-3-15-56(25-29)41(59)13-18-57-19-14-50-53-57)33-22-37(48)39(24-36(33)47)55-16-11-26(12-17-55)5-6-27-7-8-28(20-35(27)46)30-9-10-40(58)52-44(30)60/h4,7-8,14,19-24,26,30,51H,3,5-6,9-13,15-18,25H2,1-2H3,(H,52,58,60). The molecule has 8 rings (SSSR count). The lowest BCUT2D eigenvalue weighted by atomic mass is 9.87. The SMILES string of the molecule is CN(C)C(=O)c1cc2c(-c3cc(F)c(N4CCC(CCc5ccc(C6CCC(=O)NC6=O)cc5F)CC4)cc3F)cc(C3=CCCN(C(=O)CCn4ccnn4)C3)c(F)c2[nH]1. The van der Waals surface area contributed by atoms with Crippen LogP contribution in [0.2, 0.25) is 0 Å². The number of anilines is 1. The molecule has 0 bridgehead atoms. The number of aromatic amines is 1. The molecule has 0 saturated carbocycles. The molecule has 0 aliphatic carbocycles. The molecule has 318 valence electrons. The molecule has 2 N–H and O–H groups in total. The van der Waals surface area contributed by atoms with Gasteiger partial charge in [0.1, 0.15) is 23.1 Å². The van der Waals surface area contributed by atoms with E-state index >= 15 is 17.6 Å². The third-order valence-electron chi connectivity index (χ3n) is 12.2. The van der Waals surface area contributed by atoms with Gasteiger partial charge in [-0.1, -0.05) is 23.4 Å². The van der Waals surface area contributed by atoms with Crippen LogP contribution in [0.4, 0.5) is 23.2 Å². The van der Waals surface area contributed by atoms with E-state index in [4.69, 9.17) is 0 Å². The molecule has 0 radical (unpaired) electrons. The van der Waals surface area contributed by atoms with E-state index in [2.05, 4.69) is 20.6 Å². The molecular weight excluding hydrogens is 793 g/mol. The van der Waals surface area contributed by atoms with Gasteiger partial charge in [0.2, 0.25) is 17.7 Å². The number of imide groups is 1. The van der Waals surface area contributed by atoms with Crippen molar-refractivity contribution < 1.29 is 36.7 Å². The monoisotopic (exact) mass is 838 g/mol. The van der Waals surface area contributed by atoms with E-state index in [-0.39, 0.29) is 76.1 Å². The average Bonchev–Trinajstić information content (AvgIpc) is 3.95. The van der Waals surface area contributed by atoms with E-state index in [0.29, 0.717) is 81.4 Å². The fourth-order valence-electron chi connectivity index (χ4n) is 8.75. The molecule has 12 nitrogen and oxygen atoms in total. The number of amides is 4. The van der Waals surface area contributed by atoms with Gasteiger partial charge < -0.3 is 19.7 Å². The van der Waals surface area contributed by atoms with Gasteiger partial charge in [0, 0.05) is 81.9 Å². The molecule has 3 aliphatic heterocycles. The Hall–Kier alpha value is -6.32. The Morgan fingerprint density at radius 2 is 1.70 bits per heavy atom. The lowest BCUT2D eigenvalue weighted by molar-refractivity contribution is -0.134. The average molecular weight is 839 g/mol. The third-order valence-corrected chi connectivity index (χ3v) is 12.2. The number of fused-ring (bicyclic) bond motifs is 1. The van der Waals surface area contributed by atoms with Gasteiger partial charge in [-0.25, -0.2) is 17.6 Å². The second-order valence-electron chi connectivity index (χ2n) is 16.3. The number of piperidine rings is 2. The summed E-state index contributed by atoms with van der Waals surface area (Å²) in [6.45, 7) is 1.77. The number of hydrogen-bond acceptors (Lipinski definition) is 7. The number of nitrogens with zero attached hydrogens (tertiary/aromatic N) is 6. The van der Waals surface area contributed by atoms with E-state index in [1.54, 1.807) is 46.9 Å². The summed E-state index contributed by atoms with van der Waals surface area (Å²) in [4.78, 5) is 57.7. The van der Waals surface area contributed by atoms with Crippen LogP contribution in [0.25, 0.3) is 27.6 Å². The smallest absolute Gasteiger partial charge is 0.269 e. The molecule has 0 spiro atoms. The predicted octanol–water partition coefficient (Wildman–Crippen LogP) is 6.76. The summed E-state index contributed by atoms with van der Waals surface area (Å²) in [5.74, 6) is -4.11. The number of nitrogens with one attached hydrogen (secondary N) is 2. The quantitative estimate of drug-likeness (QED) is 0.111. The first-order valence-corrected chi connectivity index (χ1v) is 20.6. The van der Waals surface area contributed by atoms with Crippen LogP contribution < -0.4 is 10.2 Å². The summed E-state index contributed by atoms with van der Waals surface area (Å²) in [6, 6.07) is 10.0. The number of rotatable bonds is 11. The van der Waals surface area contributed by atoms with E-state index in [0.717, 1.165) is 12.1 Å². The van der Waals surface area contributed by atoms with Crippen molar-refractivity contribution in [1.82, 2.24) is 35.1 Å². The molecule has 1 unspecified atom stereocenters. The van der Waals surface area contributed by atoms with Crippen LogP contribution in [-0.4, -0.2) is 93.7 Å². The number of H-pyrrole nitrogens is 1. The van der Waals surface area contributed by atoms with Gasteiger partial charge in [0.25, 0.3) is 5.91 Å². The molecule has 1 atom stereocenters. The van der Waals surface area contributed by atoms with Gasteiger partial charge in [-0.2, -0.15) is 0 Å². The Morgan fingerprint density at radius 1 is 0.902 bits per heavy atom. The Kier molecular flexibility index (Phi) is 11.8. The highest BCUT2D eigenvalue weighted by molar-refractivity contribution is 6.05. The molecule has 61 heavy (non-hydrogen) atoms. The number of aromatic nitrogens is 4. The Labute approximate surface area is 349 Å². The van der Waals surface area contributed by atoms with E-state index < -0.39 is 41.0 Å². The molecule has 5 heterocycles. The van der Waals surface area contributed by atoms with Crippen molar-refractivity contribution in [2.75, 3.05) is 45.2 Å². The minimum atomic E-state index is -0.724. The first kappa shape index (κ1) is 41.4. The van der Waals surface area contributed by atoms with Crippen molar-refractivity contribution in [1.29, 1.82) is 0 Å². The normalized spacial score (nSPS) is 17.5. The zero-order valence-corrected chi connectivity index (χ0v) is 33.9. The first-order valence-electron chi connectivity index (χ1n) is 20.6. The Morgan fingerprint density at radius 3 is 2.43 bits per heavy atom. The lowest BCUT2D eigenvalue weighted by Crippen LogP contribution is -2.39. The van der Waals surface area contributed by atoms with E-state index in [1.165, 1.54) is 29.3 Å². The fraction of sp³-hybridized carbons (Fsp3) is 0.378. The van der Waals surface area contributed by atoms with Gasteiger partial charge in [-0.05, 0) is 91.0 Å².